The summed E-state index contributed by atoms with van der Waals surface area (Å²) in [4.78, 5) is 12.3. The van der Waals surface area contributed by atoms with Crippen LogP contribution >= 0.6 is 38.9 Å². The van der Waals surface area contributed by atoms with Crippen LogP contribution in [0.1, 0.15) is 25.9 Å². The largest absolute Gasteiger partial charge is 0.504 e. The van der Waals surface area contributed by atoms with Gasteiger partial charge in [0.25, 0.3) is 5.91 Å². The molecular formula is C19H15BrClN3O3S. The highest BCUT2D eigenvalue weighted by atomic mass is 79.9. The van der Waals surface area contributed by atoms with E-state index in [1.165, 1.54) is 13.2 Å². The summed E-state index contributed by atoms with van der Waals surface area (Å²) >= 11 is 10.8. The molecule has 2 N–H and O–H groups in total. The first-order valence-corrected chi connectivity index (χ1v) is 10.1. The number of carbonyl (C=O) groups excluding carboxylic acids is 1. The third-order valence-electron chi connectivity index (χ3n) is 3.70. The normalized spacial score (nSPS) is 11.3. The molecule has 144 valence electrons. The Morgan fingerprint density at radius 3 is 2.71 bits per heavy atom. The monoisotopic (exact) mass is 479 g/mol. The van der Waals surface area contributed by atoms with Gasteiger partial charge in [0.2, 0.25) is 5.01 Å². The van der Waals surface area contributed by atoms with Crippen molar-refractivity contribution in [2.45, 2.75) is 6.54 Å². The van der Waals surface area contributed by atoms with Gasteiger partial charge in [-0.05, 0) is 29.3 Å². The van der Waals surface area contributed by atoms with Gasteiger partial charge in [-0.3, -0.25) is 4.79 Å². The van der Waals surface area contributed by atoms with Crippen LogP contribution in [0.2, 0.25) is 0 Å². The number of ether oxygens (including phenoxy) is 1. The SMILES string of the molecule is COc1cc(/C=C(/Cl)c2nnc(C(=O)NCc3ccccc3)s2)c(Br)cc1O. The van der Waals surface area contributed by atoms with Crippen LogP contribution < -0.4 is 10.1 Å². The molecule has 0 radical (unpaired) electrons. The zero-order chi connectivity index (χ0) is 20.1. The van der Waals surface area contributed by atoms with Crippen molar-refractivity contribution in [3.63, 3.8) is 0 Å². The fraction of sp³-hybridized carbons (Fsp3) is 0.105. The lowest BCUT2D eigenvalue weighted by Crippen LogP contribution is -2.22. The second-order valence-electron chi connectivity index (χ2n) is 5.62. The number of amides is 1. The molecule has 0 aliphatic heterocycles. The lowest BCUT2D eigenvalue weighted by Gasteiger charge is -2.06. The van der Waals surface area contributed by atoms with Crippen LogP contribution in [0.5, 0.6) is 11.5 Å². The van der Waals surface area contributed by atoms with Crippen molar-refractivity contribution < 1.29 is 14.6 Å². The summed E-state index contributed by atoms with van der Waals surface area (Å²) in [6.45, 7) is 0.401. The molecule has 0 fully saturated rings. The van der Waals surface area contributed by atoms with Crippen molar-refractivity contribution in [3.8, 4) is 11.5 Å². The maximum atomic E-state index is 12.3. The molecule has 0 aliphatic rings. The van der Waals surface area contributed by atoms with Crippen LogP contribution in [-0.4, -0.2) is 28.3 Å². The highest BCUT2D eigenvalue weighted by molar-refractivity contribution is 9.10. The molecular weight excluding hydrogens is 466 g/mol. The lowest BCUT2D eigenvalue weighted by atomic mass is 10.2. The van der Waals surface area contributed by atoms with Crippen molar-refractivity contribution in [2.24, 2.45) is 0 Å². The van der Waals surface area contributed by atoms with Gasteiger partial charge in [-0.15, -0.1) is 10.2 Å². The number of benzene rings is 2. The molecule has 28 heavy (non-hydrogen) atoms. The van der Waals surface area contributed by atoms with Crippen LogP contribution in [0.4, 0.5) is 0 Å². The van der Waals surface area contributed by atoms with E-state index in [1.807, 2.05) is 30.3 Å². The number of nitrogens with zero attached hydrogens (tertiary/aromatic N) is 2. The van der Waals surface area contributed by atoms with Gasteiger partial charge in [0, 0.05) is 11.0 Å². The van der Waals surface area contributed by atoms with E-state index in [0.29, 0.717) is 32.4 Å². The predicted molar refractivity (Wildman–Crippen MR) is 114 cm³/mol. The highest BCUT2D eigenvalue weighted by Gasteiger charge is 2.15. The van der Waals surface area contributed by atoms with Crippen LogP contribution in [-0.2, 0) is 6.54 Å². The zero-order valence-corrected chi connectivity index (χ0v) is 17.8. The Bertz CT molecular complexity index is 1020. The third-order valence-corrected chi connectivity index (χ3v) is 5.74. The number of hydrogen-bond acceptors (Lipinski definition) is 6. The molecule has 1 aromatic heterocycles. The number of phenols is 1. The van der Waals surface area contributed by atoms with E-state index in [4.69, 9.17) is 16.3 Å². The molecule has 0 bridgehead atoms. The maximum Gasteiger partial charge on any atom is 0.282 e. The minimum absolute atomic E-state index is 0.0101. The first kappa shape index (κ1) is 20.3. The van der Waals surface area contributed by atoms with Crippen molar-refractivity contribution in [1.82, 2.24) is 15.5 Å². The van der Waals surface area contributed by atoms with Crippen LogP contribution in [0, 0.1) is 0 Å². The van der Waals surface area contributed by atoms with Crippen LogP contribution in [0.3, 0.4) is 0 Å². The van der Waals surface area contributed by atoms with Gasteiger partial charge in [-0.2, -0.15) is 0 Å². The predicted octanol–water partition coefficient (Wildman–Crippen LogP) is 4.68. The Balaban J connectivity index is 1.74. The second kappa shape index (κ2) is 9.18. The van der Waals surface area contributed by atoms with Gasteiger partial charge in [0.15, 0.2) is 16.5 Å². The third kappa shape index (κ3) is 4.89. The standard InChI is InChI=1S/C19H15BrClN3O3S/c1-27-16-8-12(13(20)9-15(16)25)7-14(21)18-23-24-19(28-18)17(26)22-10-11-5-3-2-4-6-11/h2-9,25H,10H2,1H3,(H,22,26)/b14-7+. The van der Waals surface area contributed by atoms with E-state index < -0.39 is 0 Å². The van der Waals surface area contributed by atoms with Gasteiger partial charge in [-0.25, -0.2) is 0 Å². The molecule has 1 amide bonds. The number of aromatic hydroxyl groups is 1. The lowest BCUT2D eigenvalue weighted by molar-refractivity contribution is 0.0950. The van der Waals surface area contributed by atoms with Crippen molar-refractivity contribution >= 4 is 55.9 Å². The molecule has 2 aromatic carbocycles. The zero-order valence-electron chi connectivity index (χ0n) is 14.6. The molecule has 0 unspecified atom stereocenters. The second-order valence-corrected chi connectivity index (χ2v) is 7.86. The van der Waals surface area contributed by atoms with E-state index in [2.05, 4.69) is 31.4 Å². The van der Waals surface area contributed by atoms with Crippen LogP contribution in [0.15, 0.2) is 46.9 Å². The van der Waals surface area contributed by atoms with Gasteiger partial charge < -0.3 is 15.2 Å². The average molecular weight is 481 g/mol. The summed E-state index contributed by atoms with van der Waals surface area (Å²) in [5, 5.41) is 21.4. The fourth-order valence-electron chi connectivity index (χ4n) is 2.30. The van der Waals surface area contributed by atoms with E-state index in [0.717, 1.165) is 16.9 Å². The number of halogens is 2. The minimum Gasteiger partial charge on any atom is -0.504 e. The van der Waals surface area contributed by atoms with E-state index in [9.17, 15) is 9.90 Å². The Labute approximate surface area is 179 Å². The quantitative estimate of drug-likeness (QED) is 0.535. The van der Waals surface area contributed by atoms with Gasteiger partial charge in [-0.1, -0.05) is 69.2 Å². The number of methoxy groups -OCH3 is 1. The van der Waals surface area contributed by atoms with E-state index in [-0.39, 0.29) is 16.7 Å². The molecule has 3 rings (SSSR count). The Morgan fingerprint density at radius 2 is 2.00 bits per heavy atom. The van der Waals surface area contributed by atoms with Crippen molar-refractivity contribution in [1.29, 1.82) is 0 Å². The number of rotatable bonds is 6. The molecule has 6 nitrogen and oxygen atoms in total. The Morgan fingerprint density at radius 1 is 1.29 bits per heavy atom. The number of nitrogens with one attached hydrogen (secondary N) is 1. The molecule has 0 saturated carbocycles. The summed E-state index contributed by atoms with van der Waals surface area (Å²) in [6.07, 6.45) is 1.65. The Hall–Kier alpha value is -2.42. The minimum atomic E-state index is -0.315. The summed E-state index contributed by atoms with van der Waals surface area (Å²) in [6, 6.07) is 12.7. The highest BCUT2D eigenvalue weighted by Crippen LogP contribution is 2.35. The molecule has 0 saturated heterocycles. The molecule has 0 atom stereocenters. The topological polar surface area (TPSA) is 84.3 Å². The summed E-state index contributed by atoms with van der Waals surface area (Å²) < 4.78 is 5.74. The van der Waals surface area contributed by atoms with E-state index >= 15 is 0 Å². The molecule has 9 heteroatoms. The molecule has 3 aromatic rings. The van der Waals surface area contributed by atoms with E-state index in [1.54, 1.807) is 12.1 Å². The summed E-state index contributed by atoms with van der Waals surface area (Å²) in [7, 11) is 1.46. The maximum absolute atomic E-state index is 12.3. The smallest absolute Gasteiger partial charge is 0.282 e. The van der Waals surface area contributed by atoms with Gasteiger partial charge in [0.1, 0.15) is 0 Å². The summed E-state index contributed by atoms with van der Waals surface area (Å²) in [5.74, 6) is 0.0117. The number of aromatic nitrogens is 2. The van der Waals surface area contributed by atoms with Crippen LogP contribution in [0.25, 0.3) is 11.1 Å². The summed E-state index contributed by atoms with van der Waals surface area (Å²) in [5.41, 5.74) is 1.68. The average Bonchev–Trinajstić information content (AvgIpc) is 3.19. The fourth-order valence-corrected chi connectivity index (χ4v) is 3.68. The van der Waals surface area contributed by atoms with Gasteiger partial charge in [0.05, 0.1) is 12.1 Å². The molecule has 1 heterocycles. The first-order chi connectivity index (χ1) is 13.5. The van der Waals surface area contributed by atoms with Crippen molar-refractivity contribution in [3.05, 3.63) is 68.1 Å². The molecule has 0 aliphatic carbocycles. The number of hydrogen-bond donors (Lipinski definition) is 2. The van der Waals surface area contributed by atoms with Gasteiger partial charge >= 0.3 is 0 Å². The number of carbonyl (C=O) groups is 1. The van der Waals surface area contributed by atoms with Crippen molar-refractivity contribution in [2.75, 3.05) is 7.11 Å². The molecule has 0 spiro atoms. The Kier molecular flexibility index (Phi) is 6.66. The number of phenolic OH excluding ortho intramolecular Hbond substituents is 1. The first-order valence-electron chi connectivity index (χ1n) is 8.07.